The molecule has 2 aromatic rings. The van der Waals surface area contributed by atoms with E-state index < -0.39 is 11.5 Å². The third-order valence-electron chi connectivity index (χ3n) is 5.80. The second-order valence-electron chi connectivity index (χ2n) is 7.66. The monoisotopic (exact) mass is 395 g/mol. The van der Waals surface area contributed by atoms with Gasteiger partial charge in [0.15, 0.2) is 11.5 Å². The lowest BCUT2D eigenvalue weighted by atomic mass is 9.87. The molecule has 4 rings (SSSR count). The maximum Gasteiger partial charge on any atom is 0.335 e. The normalized spacial score (nSPS) is 17.0. The minimum Gasteiger partial charge on any atom is -0.486 e. The molecule has 1 heterocycles. The smallest absolute Gasteiger partial charge is 0.335 e. The SMILES string of the molecule is O=C(CCc1ccccc1C(=O)O)NC1(c2ccc3c(c2)OCCO3)CCCC1. The van der Waals surface area contributed by atoms with Gasteiger partial charge in [-0.25, -0.2) is 4.79 Å². The molecule has 0 radical (unpaired) electrons. The Morgan fingerprint density at radius 1 is 1.00 bits per heavy atom. The summed E-state index contributed by atoms with van der Waals surface area (Å²) < 4.78 is 11.3. The zero-order valence-electron chi connectivity index (χ0n) is 16.3. The maximum atomic E-state index is 12.8. The van der Waals surface area contributed by atoms with E-state index >= 15 is 0 Å². The molecule has 6 heteroatoms. The molecule has 0 bridgehead atoms. The van der Waals surface area contributed by atoms with Crippen LogP contribution >= 0.6 is 0 Å². The lowest BCUT2D eigenvalue weighted by Crippen LogP contribution is -2.44. The number of amides is 1. The summed E-state index contributed by atoms with van der Waals surface area (Å²) in [4.78, 5) is 24.2. The van der Waals surface area contributed by atoms with E-state index in [2.05, 4.69) is 5.32 Å². The first kappa shape index (κ1) is 19.3. The van der Waals surface area contributed by atoms with Gasteiger partial charge in [-0.05, 0) is 48.6 Å². The van der Waals surface area contributed by atoms with Crippen LogP contribution in [0, 0.1) is 0 Å². The Labute approximate surface area is 169 Å². The highest BCUT2D eigenvalue weighted by molar-refractivity contribution is 5.89. The van der Waals surface area contributed by atoms with Gasteiger partial charge in [0.05, 0.1) is 11.1 Å². The molecule has 152 valence electrons. The standard InChI is InChI=1S/C23H25NO5/c25-21(10-7-16-5-1-2-6-18(16)22(26)27)24-23(11-3-4-12-23)17-8-9-19-20(15-17)29-14-13-28-19/h1-2,5-6,8-9,15H,3-4,7,10-14H2,(H,24,25)(H,26,27). The fraction of sp³-hybridized carbons (Fsp3) is 0.391. The van der Waals surface area contributed by atoms with E-state index in [-0.39, 0.29) is 17.9 Å². The van der Waals surface area contributed by atoms with Crippen molar-refractivity contribution in [2.75, 3.05) is 13.2 Å². The predicted octanol–water partition coefficient (Wildman–Crippen LogP) is 3.67. The van der Waals surface area contributed by atoms with E-state index in [1.54, 1.807) is 24.3 Å². The van der Waals surface area contributed by atoms with Gasteiger partial charge in [-0.15, -0.1) is 0 Å². The number of rotatable bonds is 6. The summed E-state index contributed by atoms with van der Waals surface area (Å²) in [6.07, 6.45) is 4.50. The van der Waals surface area contributed by atoms with Gasteiger partial charge in [0.1, 0.15) is 13.2 Å². The van der Waals surface area contributed by atoms with Crippen LogP contribution in [-0.2, 0) is 16.8 Å². The second kappa shape index (κ2) is 8.15. The van der Waals surface area contributed by atoms with E-state index in [1.165, 1.54) is 0 Å². The minimum absolute atomic E-state index is 0.0676. The maximum absolute atomic E-state index is 12.8. The van der Waals surface area contributed by atoms with Crippen molar-refractivity contribution in [3.05, 3.63) is 59.2 Å². The van der Waals surface area contributed by atoms with Crippen molar-refractivity contribution < 1.29 is 24.2 Å². The molecule has 1 aliphatic carbocycles. The van der Waals surface area contributed by atoms with Crippen LogP contribution in [0.2, 0.25) is 0 Å². The van der Waals surface area contributed by atoms with Crippen molar-refractivity contribution in [1.82, 2.24) is 5.32 Å². The molecule has 0 unspecified atom stereocenters. The first-order valence-electron chi connectivity index (χ1n) is 10.1. The van der Waals surface area contributed by atoms with Crippen LogP contribution < -0.4 is 14.8 Å². The molecule has 2 N–H and O–H groups in total. The summed E-state index contributed by atoms with van der Waals surface area (Å²) in [5.74, 6) is 0.431. The molecule has 0 aromatic heterocycles. The van der Waals surface area contributed by atoms with Crippen LogP contribution in [0.4, 0.5) is 0 Å². The Morgan fingerprint density at radius 3 is 2.48 bits per heavy atom. The Balaban J connectivity index is 1.49. The average molecular weight is 395 g/mol. The van der Waals surface area contributed by atoms with Crippen molar-refractivity contribution in [3.63, 3.8) is 0 Å². The number of carboxylic acids is 1. The Kier molecular flexibility index (Phi) is 5.43. The van der Waals surface area contributed by atoms with E-state index in [1.807, 2.05) is 18.2 Å². The third kappa shape index (κ3) is 4.06. The summed E-state index contributed by atoms with van der Waals surface area (Å²) in [6, 6.07) is 12.7. The number of carboxylic acid groups (broad SMARTS) is 1. The molecule has 1 amide bonds. The van der Waals surface area contributed by atoms with Crippen LogP contribution in [0.5, 0.6) is 11.5 Å². The molecule has 1 saturated carbocycles. The summed E-state index contributed by atoms with van der Waals surface area (Å²) in [5, 5.41) is 12.6. The van der Waals surface area contributed by atoms with Gasteiger partial charge in [0, 0.05) is 6.42 Å². The largest absolute Gasteiger partial charge is 0.486 e. The van der Waals surface area contributed by atoms with Gasteiger partial charge in [-0.1, -0.05) is 37.1 Å². The van der Waals surface area contributed by atoms with Crippen LogP contribution in [0.3, 0.4) is 0 Å². The average Bonchev–Trinajstić information content (AvgIpc) is 3.21. The van der Waals surface area contributed by atoms with E-state index in [0.717, 1.165) is 42.7 Å². The molecule has 2 aliphatic rings. The van der Waals surface area contributed by atoms with Gasteiger partial charge in [0.2, 0.25) is 5.91 Å². The zero-order valence-corrected chi connectivity index (χ0v) is 16.3. The number of ether oxygens (including phenoxy) is 2. The number of hydrogen-bond donors (Lipinski definition) is 2. The summed E-state index contributed by atoms with van der Waals surface area (Å²) in [5.41, 5.74) is 1.57. The van der Waals surface area contributed by atoms with E-state index in [4.69, 9.17) is 9.47 Å². The molecule has 1 aliphatic heterocycles. The minimum atomic E-state index is -0.968. The lowest BCUT2D eigenvalue weighted by Gasteiger charge is -2.32. The van der Waals surface area contributed by atoms with Crippen LogP contribution in [0.15, 0.2) is 42.5 Å². The fourth-order valence-corrected chi connectivity index (χ4v) is 4.33. The second-order valence-corrected chi connectivity index (χ2v) is 7.66. The Hall–Kier alpha value is -3.02. The highest BCUT2D eigenvalue weighted by atomic mass is 16.6. The number of hydrogen-bond acceptors (Lipinski definition) is 4. The summed E-state index contributed by atoms with van der Waals surface area (Å²) in [6.45, 7) is 1.07. The van der Waals surface area contributed by atoms with Crippen molar-refractivity contribution in [1.29, 1.82) is 0 Å². The third-order valence-corrected chi connectivity index (χ3v) is 5.80. The molecule has 6 nitrogen and oxygen atoms in total. The van der Waals surface area contributed by atoms with E-state index in [0.29, 0.717) is 25.2 Å². The van der Waals surface area contributed by atoms with E-state index in [9.17, 15) is 14.7 Å². The Bertz CT molecular complexity index is 917. The highest BCUT2D eigenvalue weighted by Gasteiger charge is 2.37. The number of fused-ring (bicyclic) bond motifs is 1. The molecule has 1 fully saturated rings. The number of carbonyl (C=O) groups excluding carboxylic acids is 1. The highest BCUT2D eigenvalue weighted by Crippen LogP contribution is 2.42. The van der Waals surface area contributed by atoms with Crippen molar-refractivity contribution in [3.8, 4) is 11.5 Å². The molecule has 29 heavy (non-hydrogen) atoms. The fourth-order valence-electron chi connectivity index (χ4n) is 4.33. The van der Waals surface area contributed by atoms with Crippen molar-refractivity contribution in [2.45, 2.75) is 44.1 Å². The number of aryl methyl sites for hydroxylation is 1. The van der Waals surface area contributed by atoms with Gasteiger partial charge in [-0.2, -0.15) is 0 Å². The van der Waals surface area contributed by atoms with Crippen LogP contribution in [0.25, 0.3) is 0 Å². The number of benzene rings is 2. The lowest BCUT2D eigenvalue weighted by molar-refractivity contribution is -0.123. The van der Waals surface area contributed by atoms with Gasteiger partial charge < -0.3 is 19.9 Å². The van der Waals surface area contributed by atoms with Crippen LogP contribution in [0.1, 0.15) is 53.6 Å². The number of nitrogens with one attached hydrogen (secondary N) is 1. The molecule has 2 aromatic carbocycles. The molecule has 0 spiro atoms. The number of carbonyl (C=O) groups is 2. The predicted molar refractivity (Wildman–Crippen MR) is 107 cm³/mol. The van der Waals surface area contributed by atoms with Crippen molar-refractivity contribution >= 4 is 11.9 Å². The quantitative estimate of drug-likeness (QED) is 0.780. The summed E-state index contributed by atoms with van der Waals surface area (Å²) in [7, 11) is 0. The topological polar surface area (TPSA) is 84.9 Å². The Morgan fingerprint density at radius 2 is 1.72 bits per heavy atom. The molecular weight excluding hydrogens is 370 g/mol. The van der Waals surface area contributed by atoms with Gasteiger partial charge >= 0.3 is 5.97 Å². The molecular formula is C23H25NO5. The first-order chi connectivity index (χ1) is 14.1. The van der Waals surface area contributed by atoms with Gasteiger partial charge in [0.25, 0.3) is 0 Å². The molecule has 0 saturated heterocycles. The molecule has 0 atom stereocenters. The van der Waals surface area contributed by atoms with Crippen LogP contribution in [-0.4, -0.2) is 30.2 Å². The summed E-state index contributed by atoms with van der Waals surface area (Å²) >= 11 is 0. The first-order valence-corrected chi connectivity index (χ1v) is 10.1. The zero-order chi connectivity index (χ0) is 20.3. The van der Waals surface area contributed by atoms with Crippen molar-refractivity contribution in [2.24, 2.45) is 0 Å². The van der Waals surface area contributed by atoms with Gasteiger partial charge in [-0.3, -0.25) is 4.79 Å². The number of aromatic carboxylic acids is 1.